The summed E-state index contributed by atoms with van der Waals surface area (Å²) in [5.74, 6) is 0.551. The topological polar surface area (TPSA) is 53.8 Å². The Morgan fingerprint density at radius 1 is 1.29 bits per heavy atom. The van der Waals surface area contributed by atoms with Crippen molar-refractivity contribution in [1.29, 1.82) is 0 Å². The maximum Gasteiger partial charge on any atom is 0.117 e. The Morgan fingerprint density at radius 2 is 2.06 bits per heavy atom. The molecule has 0 bridgehead atoms. The molecule has 0 aliphatic heterocycles. The molecule has 4 heteroatoms. The van der Waals surface area contributed by atoms with E-state index in [1.807, 2.05) is 23.7 Å². The maximum absolute atomic E-state index is 8.50. The zero-order chi connectivity index (χ0) is 12.3. The van der Waals surface area contributed by atoms with Crippen LogP contribution in [0.3, 0.4) is 0 Å². The number of benzene rings is 1. The molecule has 94 valence electrons. The Labute approximate surface area is 102 Å². The van der Waals surface area contributed by atoms with E-state index < -0.39 is 0 Å². The van der Waals surface area contributed by atoms with Gasteiger partial charge in [0.2, 0.25) is 0 Å². The molecule has 0 unspecified atom stereocenters. The first-order valence-corrected chi connectivity index (χ1v) is 5.86. The first-order valence-electron chi connectivity index (χ1n) is 5.86. The summed E-state index contributed by atoms with van der Waals surface area (Å²) < 4.78 is 5.54. The Hall–Kier alpha value is -1.39. The number of hydrogen-bond donors (Lipinski definition) is 2. The van der Waals surface area contributed by atoms with Crippen molar-refractivity contribution in [3.8, 4) is 0 Å². The smallest absolute Gasteiger partial charge is 0.117 e. The predicted molar refractivity (Wildman–Crippen MR) is 68.2 cm³/mol. The standard InChI is InChI=1S/C13H20N2O2/c1-12(15-16)14-9-5-6-10-17-11-13-7-3-2-4-8-13/h2-4,7-8,16H,5-6,9-11H2,1H3,(H,14,15). The molecule has 1 aromatic carbocycles. The van der Waals surface area contributed by atoms with Crippen LogP contribution in [0.15, 0.2) is 35.3 Å². The summed E-state index contributed by atoms with van der Waals surface area (Å²) in [6.45, 7) is 3.86. The fourth-order valence-electron chi connectivity index (χ4n) is 1.36. The number of rotatable bonds is 7. The summed E-state index contributed by atoms with van der Waals surface area (Å²) in [6.07, 6.45) is 1.95. The zero-order valence-electron chi connectivity index (χ0n) is 10.2. The molecule has 0 radical (unpaired) electrons. The van der Waals surface area contributed by atoms with Crippen LogP contribution in [0, 0.1) is 0 Å². The molecular weight excluding hydrogens is 216 g/mol. The van der Waals surface area contributed by atoms with Gasteiger partial charge in [-0.05, 0) is 25.3 Å². The number of nitrogens with one attached hydrogen (secondary N) is 1. The lowest BCUT2D eigenvalue weighted by Gasteiger charge is -2.03. The Bertz CT molecular complexity index is 325. The molecule has 0 spiro atoms. The van der Waals surface area contributed by atoms with Crippen molar-refractivity contribution >= 4 is 5.84 Å². The molecule has 0 fully saturated rings. The quantitative estimate of drug-likeness (QED) is 0.331. The third-order valence-electron chi connectivity index (χ3n) is 2.32. The molecule has 0 atom stereocenters. The van der Waals surface area contributed by atoms with Crippen molar-refractivity contribution < 1.29 is 9.94 Å². The third kappa shape index (κ3) is 6.71. The lowest BCUT2D eigenvalue weighted by atomic mass is 10.2. The number of hydrogen-bond acceptors (Lipinski definition) is 3. The lowest BCUT2D eigenvalue weighted by Crippen LogP contribution is -2.15. The van der Waals surface area contributed by atoms with Crippen LogP contribution >= 0.6 is 0 Å². The minimum Gasteiger partial charge on any atom is -0.377 e. The molecule has 0 aliphatic carbocycles. The minimum atomic E-state index is 0.551. The summed E-state index contributed by atoms with van der Waals surface area (Å²) in [5.41, 5.74) is 3.21. The Balaban J connectivity index is 1.98. The van der Waals surface area contributed by atoms with Crippen LogP contribution in [0.5, 0.6) is 0 Å². The Morgan fingerprint density at radius 3 is 2.76 bits per heavy atom. The second kappa shape index (κ2) is 8.73. The molecule has 1 aromatic rings. The second-order valence-corrected chi connectivity index (χ2v) is 3.82. The van der Waals surface area contributed by atoms with Crippen molar-refractivity contribution in [3.63, 3.8) is 0 Å². The van der Waals surface area contributed by atoms with Crippen LogP contribution in [0.1, 0.15) is 25.3 Å². The van der Waals surface area contributed by atoms with Crippen molar-refractivity contribution in [3.05, 3.63) is 35.9 Å². The van der Waals surface area contributed by atoms with Gasteiger partial charge in [0.05, 0.1) is 6.61 Å². The molecule has 0 amide bonds. The van der Waals surface area contributed by atoms with Crippen molar-refractivity contribution in [1.82, 2.24) is 5.48 Å². The van der Waals surface area contributed by atoms with Gasteiger partial charge in [-0.25, -0.2) is 0 Å². The van der Waals surface area contributed by atoms with E-state index in [-0.39, 0.29) is 0 Å². The van der Waals surface area contributed by atoms with Crippen molar-refractivity contribution in [2.45, 2.75) is 26.4 Å². The van der Waals surface area contributed by atoms with E-state index in [1.165, 1.54) is 5.56 Å². The molecule has 0 aliphatic rings. The van der Waals surface area contributed by atoms with Gasteiger partial charge in [0.1, 0.15) is 5.84 Å². The number of hydroxylamine groups is 1. The van der Waals surface area contributed by atoms with Gasteiger partial charge in [0.25, 0.3) is 0 Å². The molecule has 2 N–H and O–H groups in total. The summed E-state index contributed by atoms with van der Waals surface area (Å²) >= 11 is 0. The largest absolute Gasteiger partial charge is 0.377 e. The van der Waals surface area contributed by atoms with Gasteiger partial charge >= 0.3 is 0 Å². The van der Waals surface area contributed by atoms with E-state index in [0.29, 0.717) is 19.0 Å². The first-order chi connectivity index (χ1) is 8.33. The average molecular weight is 236 g/mol. The summed E-state index contributed by atoms with van der Waals surface area (Å²) in [5, 5.41) is 8.50. The molecule has 17 heavy (non-hydrogen) atoms. The fourth-order valence-corrected chi connectivity index (χ4v) is 1.36. The van der Waals surface area contributed by atoms with Crippen LogP contribution in [0.25, 0.3) is 0 Å². The van der Waals surface area contributed by atoms with E-state index in [1.54, 1.807) is 6.92 Å². The maximum atomic E-state index is 8.50. The molecule has 0 saturated heterocycles. The van der Waals surface area contributed by atoms with Crippen LogP contribution in [-0.2, 0) is 11.3 Å². The summed E-state index contributed by atoms with van der Waals surface area (Å²) in [4.78, 5) is 4.10. The lowest BCUT2D eigenvalue weighted by molar-refractivity contribution is 0.117. The third-order valence-corrected chi connectivity index (χ3v) is 2.32. The average Bonchev–Trinajstić information content (AvgIpc) is 2.38. The summed E-state index contributed by atoms with van der Waals surface area (Å²) in [7, 11) is 0. The van der Waals surface area contributed by atoms with Crippen LogP contribution in [0.2, 0.25) is 0 Å². The number of unbranched alkanes of at least 4 members (excludes halogenated alkanes) is 1. The zero-order valence-corrected chi connectivity index (χ0v) is 10.2. The number of amidine groups is 1. The fraction of sp³-hybridized carbons (Fsp3) is 0.462. The van der Waals surface area contributed by atoms with Crippen LogP contribution in [-0.4, -0.2) is 24.2 Å². The van der Waals surface area contributed by atoms with Gasteiger partial charge in [-0.15, -0.1) is 0 Å². The highest BCUT2D eigenvalue weighted by Crippen LogP contribution is 2.01. The summed E-state index contributed by atoms with van der Waals surface area (Å²) in [6, 6.07) is 10.1. The molecule has 1 rings (SSSR count). The second-order valence-electron chi connectivity index (χ2n) is 3.82. The number of nitrogens with zero attached hydrogens (tertiary/aromatic N) is 1. The number of ether oxygens (including phenoxy) is 1. The van der Waals surface area contributed by atoms with Crippen LogP contribution in [0.4, 0.5) is 0 Å². The molecule has 0 saturated carbocycles. The van der Waals surface area contributed by atoms with E-state index in [0.717, 1.165) is 19.4 Å². The first kappa shape index (κ1) is 13.7. The van der Waals surface area contributed by atoms with Gasteiger partial charge < -0.3 is 4.74 Å². The van der Waals surface area contributed by atoms with Gasteiger partial charge in [0.15, 0.2) is 0 Å². The minimum absolute atomic E-state index is 0.551. The monoisotopic (exact) mass is 236 g/mol. The van der Waals surface area contributed by atoms with Crippen molar-refractivity contribution in [2.75, 3.05) is 13.2 Å². The molecule has 4 nitrogen and oxygen atoms in total. The van der Waals surface area contributed by atoms with Gasteiger partial charge in [-0.3, -0.25) is 15.7 Å². The highest BCUT2D eigenvalue weighted by atomic mass is 16.5. The normalized spacial score (nSPS) is 11.5. The molecule has 0 aromatic heterocycles. The Kier molecular flexibility index (Phi) is 7.02. The van der Waals surface area contributed by atoms with Crippen molar-refractivity contribution in [2.24, 2.45) is 4.99 Å². The highest BCUT2D eigenvalue weighted by molar-refractivity contribution is 5.78. The molecular formula is C13H20N2O2. The highest BCUT2D eigenvalue weighted by Gasteiger charge is 1.92. The van der Waals surface area contributed by atoms with Gasteiger partial charge in [-0.1, -0.05) is 30.3 Å². The van der Waals surface area contributed by atoms with Gasteiger partial charge in [-0.2, -0.15) is 0 Å². The van der Waals surface area contributed by atoms with Gasteiger partial charge in [0, 0.05) is 13.2 Å². The predicted octanol–water partition coefficient (Wildman–Crippen LogP) is 2.38. The van der Waals surface area contributed by atoms with E-state index in [2.05, 4.69) is 17.1 Å². The van der Waals surface area contributed by atoms with E-state index in [4.69, 9.17) is 9.94 Å². The SMILES string of the molecule is CC(=NCCCCOCc1ccccc1)NO. The molecule has 0 heterocycles. The van der Waals surface area contributed by atoms with Crippen LogP contribution < -0.4 is 5.48 Å². The van der Waals surface area contributed by atoms with E-state index >= 15 is 0 Å². The van der Waals surface area contributed by atoms with E-state index in [9.17, 15) is 0 Å². The number of aliphatic imine (C=N–C) groups is 1.